The van der Waals surface area contributed by atoms with Gasteiger partial charge < -0.3 is 46.8 Å². The topological polar surface area (TPSA) is 278 Å². The van der Waals surface area contributed by atoms with Crippen molar-refractivity contribution in [1.29, 1.82) is 0 Å². The summed E-state index contributed by atoms with van der Waals surface area (Å²) in [4.78, 5) is 113. The zero-order valence-electron chi connectivity index (χ0n) is 27.5. The summed E-state index contributed by atoms with van der Waals surface area (Å²) in [5, 5.41) is 39.5. The van der Waals surface area contributed by atoms with E-state index >= 15 is 0 Å². The molecule has 0 aromatic rings. The van der Waals surface area contributed by atoms with Crippen molar-refractivity contribution >= 4 is 66.0 Å². The van der Waals surface area contributed by atoms with Gasteiger partial charge in [-0.05, 0) is 24.7 Å². The van der Waals surface area contributed by atoms with Crippen molar-refractivity contribution in [3.8, 4) is 0 Å². The molecule has 1 heterocycles. The fourth-order valence-electron chi connectivity index (χ4n) is 4.93. The van der Waals surface area contributed by atoms with Crippen LogP contribution in [0.15, 0.2) is 0 Å². The third kappa shape index (κ3) is 12.6. The van der Waals surface area contributed by atoms with E-state index in [0.29, 0.717) is 12.8 Å². The summed E-state index contributed by atoms with van der Waals surface area (Å²) in [6.45, 7) is 7.82. The second kappa shape index (κ2) is 19.4. The van der Waals surface area contributed by atoms with Gasteiger partial charge in [-0.3, -0.25) is 38.4 Å². The number of nitrogens with one attached hydrogen (secondary N) is 5. The molecule has 270 valence electrons. The fraction of sp³-hybridized carbons (Fsp3) is 0.690. The molecule has 1 aliphatic rings. The third-order valence-electron chi connectivity index (χ3n) is 7.74. The van der Waals surface area contributed by atoms with Gasteiger partial charge in [-0.1, -0.05) is 34.1 Å². The molecule has 6 amide bonds. The van der Waals surface area contributed by atoms with Crippen LogP contribution in [0, 0.1) is 11.8 Å². The lowest BCUT2D eigenvalue weighted by molar-refractivity contribution is -0.145. The summed E-state index contributed by atoms with van der Waals surface area (Å²) in [5.41, 5.74) is 0. The van der Waals surface area contributed by atoms with Crippen molar-refractivity contribution in [2.75, 3.05) is 12.3 Å². The highest BCUT2D eigenvalue weighted by Gasteiger charge is 2.41. The van der Waals surface area contributed by atoms with Crippen molar-refractivity contribution in [2.45, 2.75) is 103 Å². The van der Waals surface area contributed by atoms with Gasteiger partial charge in [0.15, 0.2) is 0 Å². The summed E-state index contributed by atoms with van der Waals surface area (Å²) in [5.74, 6) is -10.6. The number of amides is 6. The van der Waals surface area contributed by atoms with Crippen LogP contribution in [-0.2, 0) is 43.2 Å². The molecule has 0 radical (unpaired) electrons. The smallest absolute Gasteiger partial charge is 0.327 e. The summed E-state index contributed by atoms with van der Waals surface area (Å²) >= 11 is 3.94. The lowest BCUT2D eigenvalue weighted by Gasteiger charge is -2.33. The number of rotatable bonds is 19. The third-order valence-corrected chi connectivity index (χ3v) is 8.11. The maximum absolute atomic E-state index is 13.7. The minimum atomic E-state index is -1.78. The van der Waals surface area contributed by atoms with E-state index < -0.39 is 114 Å². The van der Waals surface area contributed by atoms with Crippen LogP contribution in [0.2, 0.25) is 0 Å². The molecule has 1 aliphatic heterocycles. The number of carboxylic acids is 3. The van der Waals surface area contributed by atoms with Crippen LogP contribution in [0.1, 0.15) is 66.7 Å². The number of carbonyl (C=O) groups is 9. The van der Waals surface area contributed by atoms with Gasteiger partial charge in [0.05, 0.1) is 12.8 Å². The van der Waals surface area contributed by atoms with E-state index in [4.69, 9.17) is 5.11 Å². The molecule has 1 fully saturated rings. The second-order valence-corrected chi connectivity index (χ2v) is 12.2. The molecule has 6 unspecified atom stereocenters. The van der Waals surface area contributed by atoms with Gasteiger partial charge in [-0.25, -0.2) is 4.79 Å². The Kier molecular flexibility index (Phi) is 16.8. The van der Waals surface area contributed by atoms with Crippen molar-refractivity contribution in [1.82, 2.24) is 31.5 Å². The highest BCUT2D eigenvalue weighted by molar-refractivity contribution is 7.80. The largest absolute Gasteiger partial charge is 0.481 e. The number of nitrogens with zero attached hydrogens (tertiary/aromatic N) is 1. The lowest BCUT2D eigenvalue weighted by Crippen LogP contribution is -2.61. The molecule has 0 saturated carbocycles. The van der Waals surface area contributed by atoms with Gasteiger partial charge >= 0.3 is 17.9 Å². The maximum atomic E-state index is 13.7. The van der Waals surface area contributed by atoms with Crippen LogP contribution in [0.25, 0.3) is 0 Å². The first-order chi connectivity index (χ1) is 22.3. The van der Waals surface area contributed by atoms with E-state index in [9.17, 15) is 53.4 Å². The van der Waals surface area contributed by atoms with E-state index in [0.717, 1.165) is 6.92 Å². The molecule has 0 aromatic heterocycles. The number of thiol groups is 1. The molecule has 18 nitrogen and oxygen atoms in total. The average molecular weight is 703 g/mol. The highest BCUT2D eigenvalue weighted by atomic mass is 32.1. The zero-order valence-corrected chi connectivity index (χ0v) is 28.4. The zero-order chi connectivity index (χ0) is 36.9. The van der Waals surface area contributed by atoms with Crippen LogP contribution >= 0.6 is 12.6 Å². The molecule has 19 heteroatoms. The number of carboxylic acid groups (broad SMARTS) is 3. The molecule has 0 aromatic carbocycles. The molecule has 8 N–H and O–H groups in total. The van der Waals surface area contributed by atoms with Gasteiger partial charge in [0.1, 0.15) is 36.3 Å². The number of aliphatic carboxylic acids is 3. The quantitative estimate of drug-likeness (QED) is 0.0667. The van der Waals surface area contributed by atoms with Gasteiger partial charge in [0, 0.05) is 19.2 Å². The number of hydrogen-bond acceptors (Lipinski definition) is 10. The van der Waals surface area contributed by atoms with E-state index in [-0.39, 0.29) is 18.7 Å². The van der Waals surface area contributed by atoms with E-state index in [1.54, 1.807) is 27.7 Å². The first-order valence-electron chi connectivity index (χ1n) is 15.4. The molecular formula is C29H46N6O12S. The first-order valence-corrected chi connectivity index (χ1v) is 16.0. The Labute approximate surface area is 282 Å². The minimum Gasteiger partial charge on any atom is -0.481 e. The van der Waals surface area contributed by atoms with E-state index in [1.807, 2.05) is 0 Å². The highest BCUT2D eigenvalue weighted by Crippen LogP contribution is 2.21. The molecule has 0 spiro atoms. The summed E-state index contributed by atoms with van der Waals surface area (Å²) in [6.07, 6.45) is -0.772. The maximum Gasteiger partial charge on any atom is 0.327 e. The van der Waals surface area contributed by atoms with E-state index in [1.165, 1.54) is 4.90 Å². The number of likely N-dealkylation sites (tertiary alicyclic amines) is 1. The van der Waals surface area contributed by atoms with Crippen molar-refractivity contribution in [3.05, 3.63) is 0 Å². The number of carbonyl (C=O) groups excluding carboxylic acids is 6. The van der Waals surface area contributed by atoms with Crippen LogP contribution in [-0.4, -0.2) is 122 Å². The Hall–Kier alpha value is -4.42. The lowest BCUT2D eigenvalue weighted by atomic mass is 9.95. The normalized spacial score (nSPS) is 17.9. The van der Waals surface area contributed by atoms with Gasteiger partial charge in [-0.15, -0.1) is 0 Å². The summed E-state index contributed by atoms with van der Waals surface area (Å²) in [6, 6.07) is -8.19. The molecule has 7 atom stereocenters. The predicted octanol–water partition coefficient (Wildman–Crippen LogP) is -1.91. The Morgan fingerprint density at radius 2 is 1.27 bits per heavy atom. The van der Waals surface area contributed by atoms with Gasteiger partial charge in [-0.2, -0.15) is 12.6 Å². The van der Waals surface area contributed by atoms with E-state index in [2.05, 4.69) is 39.2 Å². The Bertz CT molecular complexity index is 1230. The molecule has 1 saturated heterocycles. The molecule has 1 rings (SSSR count). The fourth-order valence-corrected chi connectivity index (χ4v) is 5.18. The Morgan fingerprint density at radius 3 is 1.73 bits per heavy atom. The summed E-state index contributed by atoms with van der Waals surface area (Å²) in [7, 11) is 0. The van der Waals surface area contributed by atoms with Crippen LogP contribution < -0.4 is 26.6 Å². The second-order valence-electron chi connectivity index (χ2n) is 11.9. The molecule has 0 aliphatic carbocycles. The van der Waals surface area contributed by atoms with Crippen molar-refractivity contribution in [2.24, 2.45) is 11.8 Å². The SMILES string of the molecule is CCC(C)C(NC(=O)C(CC(=O)O)NC(=O)C(CC(=O)O)NC(C)=O)C(=O)N[C@@H](C(=O)N1CCCC1C(=O)NC(CS)C(=O)O)C(C)C. The van der Waals surface area contributed by atoms with Crippen molar-refractivity contribution < 1.29 is 58.5 Å². The van der Waals surface area contributed by atoms with Gasteiger partial charge in [0.25, 0.3) is 0 Å². The van der Waals surface area contributed by atoms with Crippen molar-refractivity contribution in [3.63, 3.8) is 0 Å². The summed E-state index contributed by atoms with van der Waals surface area (Å²) < 4.78 is 0. The number of hydrogen-bond donors (Lipinski definition) is 9. The monoisotopic (exact) mass is 702 g/mol. The molecule has 48 heavy (non-hydrogen) atoms. The molecule has 0 bridgehead atoms. The Balaban J connectivity index is 3.23. The standard InChI is InChI=1S/C29H46N6O12S/c1-6-14(4)23(34-25(42)17(11-21(39)40)31-24(41)16(10-20(37)38)30-15(5)36)27(44)33-22(13(2)3)28(45)35-9-7-8-19(35)26(43)32-18(12-48)29(46)47/h13-14,16-19,22-23,48H,6-12H2,1-5H3,(H,30,36)(H,31,41)(H,32,43)(H,33,44)(H,34,42)(H,37,38)(H,39,40)(H,46,47)/t14?,16?,17?,18?,19?,22-,23?/m1/s1. The molecular weight excluding hydrogens is 656 g/mol. The predicted molar refractivity (Wildman–Crippen MR) is 170 cm³/mol. The van der Waals surface area contributed by atoms with Crippen LogP contribution in [0.3, 0.4) is 0 Å². The van der Waals surface area contributed by atoms with Gasteiger partial charge in [0.2, 0.25) is 35.4 Å². The Morgan fingerprint density at radius 1 is 0.750 bits per heavy atom. The minimum absolute atomic E-state index is 0.165. The first kappa shape index (κ1) is 41.6. The van der Waals surface area contributed by atoms with Crippen LogP contribution in [0.5, 0.6) is 0 Å². The van der Waals surface area contributed by atoms with Crippen LogP contribution in [0.4, 0.5) is 0 Å². The average Bonchev–Trinajstić information content (AvgIpc) is 3.48.